The number of nitrogens with zero attached hydrogens (tertiary/aromatic N) is 4. The van der Waals surface area contributed by atoms with Crippen molar-refractivity contribution < 1.29 is 10.0 Å². The SMILES string of the molecule is NCC(O)Cn1cnc([N+](=O)[O-])n1. The maximum Gasteiger partial charge on any atom is 0.490 e. The molecule has 1 aromatic heterocycles. The maximum atomic E-state index is 10.1. The Morgan fingerprint density at radius 3 is 3.00 bits per heavy atom. The van der Waals surface area contributed by atoms with Crippen LogP contribution in [0.5, 0.6) is 0 Å². The van der Waals surface area contributed by atoms with Crippen molar-refractivity contribution in [1.29, 1.82) is 0 Å². The van der Waals surface area contributed by atoms with Crippen LogP contribution in [0.2, 0.25) is 0 Å². The van der Waals surface area contributed by atoms with E-state index in [0.29, 0.717) is 0 Å². The zero-order valence-corrected chi connectivity index (χ0v) is 6.70. The molecule has 0 amide bonds. The summed E-state index contributed by atoms with van der Waals surface area (Å²) in [4.78, 5) is 12.9. The Labute approximate surface area is 73.1 Å². The lowest BCUT2D eigenvalue weighted by Crippen LogP contribution is -2.25. The monoisotopic (exact) mass is 187 g/mol. The van der Waals surface area contributed by atoms with Crippen molar-refractivity contribution in [3.63, 3.8) is 0 Å². The van der Waals surface area contributed by atoms with E-state index in [2.05, 4.69) is 10.1 Å². The number of hydrogen-bond acceptors (Lipinski definition) is 6. The van der Waals surface area contributed by atoms with Gasteiger partial charge < -0.3 is 21.0 Å². The molecule has 0 fully saturated rings. The van der Waals surface area contributed by atoms with Crippen molar-refractivity contribution in [3.8, 4) is 0 Å². The van der Waals surface area contributed by atoms with Gasteiger partial charge in [-0.2, -0.15) is 4.68 Å². The molecular weight excluding hydrogens is 178 g/mol. The fraction of sp³-hybridized carbons (Fsp3) is 0.600. The van der Waals surface area contributed by atoms with Crippen molar-refractivity contribution in [2.75, 3.05) is 6.54 Å². The van der Waals surface area contributed by atoms with Crippen LogP contribution in [0.25, 0.3) is 0 Å². The largest absolute Gasteiger partial charge is 0.490 e. The summed E-state index contributed by atoms with van der Waals surface area (Å²) in [6.45, 7) is 0.186. The lowest BCUT2D eigenvalue weighted by atomic mass is 10.4. The fourth-order valence-electron chi connectivity index (χ4n) is 0.747. The van der Waals surface area contributed by atoms with Crippen LogP contribution in [-0.2, 0) is 6.54 Å². The van der Waals surface area contributed by atoms with Crippen LogP contribution in [-0.4, -0.2) is 37.4 Å². The molecule has 0 saturated carbocycles. The van der Waals surface area contributed by atoms with E-state index in [1.54, 1.807) is 0 Å². The van der Waals surface area contributed by atoms with Gasteiger partial charge in [0.05, 0.1) is 12.6 Å². The highest BCUT2D eigenvalue weighted by atomic mass is 16.6. The van der Waals surface area contributed by atoms with Gasteiger partial charge in [0, 0.05) is 11.6 Å². The van der Waals surface area contributed by atoms with E-state index in [4.69, 9.17) is 10.8 Å². The number of hydrogen-bond donors (Lipinski definition) is 2. The third-order valence-electron chi connectivity index (χ3n) is 1.36. The quantitative estimate of drug-likeness (QED) is 0.437. The third-order valence-corrected chi connectivity index (χ3v) is 1.36. The first-order chi connectivity index (χ1) is 6.13. The molecule has 72 valence electrons. The van der Waals surface area contributed by atoms with E-state index < -0.39 is 17.0 Å². The van der Waals surface area contributed by atoms with E-state index in [1.165, 1.54) is 11.0 Å². The molecule has 1 atom stereocenters. The van der Waals surface area contributed by atoms with Crippen LogP contribution in [0.1, 0.15) is 0 Å². The smallest absolute Gasteiger partial charge is 0.390 e. The van der Waals surface area contributed by atoms with Crippen molar-refractivity contribution in [3.05, 3.63) is 16.4 Å². The summed E-state index contributed by atoms with van der Waals surface area (Å²) in [7, 11) is 0. The van der Waals surface area contributed by atoms with Gasteiger partial charge in [-0.25, -0.2) is 0 Å². The fourth-order valence-corrected chi connectivity index (χ4v) is 0.747. The van der Waals surface area contributed by atoms with Gasteiger partial charge in [0.1, 0.15) is 0 Å². The predicted molar refractivity (Wildman–Crippen MR) is 41.7 cm³/mol. The first-order valence-corrected chi connectivity index (χ1v) is 3.55. The number of nitrogens with two attached hydrogens (primary N) is 1. The van der Waals surface area contributed by atoms with Crippen molar-refractivity contribution in [2.24, 2.45) is 5.73 Å². The molecule has 1 aromatic rings. The molecule has 0 aromatic carbocycles. The average molecular weight is 187 g/mol. The topological polar surface area (TPSA) is 120 Å². The second-order valence-corrected chi connectivity index (χ2v) is 2.41. The Bertz CT molecular complexity index is 298. The first kappa shape index (κ1) is 9.55. The zero-order chi connectivity index (χ0) is 9.84. The van der Waals surface area contributed by atoms with Gasteiger partial charge in [-0.15, -0.1) is 0 Å². The van der Waals surface area contributed by atoms with Crippen LogP contribution in [0.3, 0.4) is 0 Å². The number of aromatic nitrogens is 3. The Morgan fingerprint density at radius 1 is 1.85 bits per heavy atom. The predicted octanol–water partition coefficient (Wildman–Crippen LogP) is -1.49. The van der Waals surface area contributed by atoms with Crippen LogP contribution >= 0.6 is 0 Å². The minimum Gasteiger partial charge on any atom is -0.390 e. The average Bonchev–Trinajstić information content (AvgIpc) is 2.52. The maximum absolute atomic E-state index is 10.1. The van der Waals surface area contributed by atoms with Gasteiger partial charge in [-0.05, 0) is 4.92 Å². The first-order valence-electron chi connectivity index (χ1n) is 3.55. The van der Waals surface area contributed by atoms with Crippen LogP contribution in [0, 0.1) is 10.1 Å². The van der Waals surface area contributed by atoms with Crippen LogP contribution in [0.4, 0.5) is 5.95 Å². The molecule has 0 radical (unpaired) electrons. The minimum absolute atomic E-state index is 0.0770. The lowest BCUT2D eigenvalue weighted by Gasteiger charge is -2.02. The Hall–Kier alpha value is -1.54. The van der Waals surface area contributed by atoms with Crippen molar-refractivity contribution >= 4 is 5.95 Å². The van der Waals surface area contributed by atoms with Crippen molar-refractivity contribution in [2.45, 2.75) is 12.6 Å². The second kappa shape index (κ2) is 3.92. The minimum atomic E-state index is -0.763. The summed E-state index contributed by atoms with van der Waals surface area (Å²) >= 11 is 0. The normalized spacial score (nSPS) is 12.8. The molecule has 0 bridgehead atoms. The molecular formula is C5H9N5O3. The van der Waals surface area contributed by atoms with Gasteiger partial charge in [0.25, 0.3) is 0 Å². The van der Waals surface area contributed by atoms with Gasteiger partial charge in [0.2, 0.25) is 6.33 Å². The van der Waals surface area contributed by atoms with Crippen LogP contribution in [0.15, 0.2) is 6.33 Å². The number of rotatable bonds is 4. The number of aliphatic hydroxyl groups is 1. The molecule has 0 aliphatic rings. The highest BCUT2D eigenvalue weighted by Gasteiger charge is 2.14. The molecule has 0 aliphatic heterocycles. The Kier molecular flexibility index (Phi) is 2.88. The molecule has 0 saturated heterocycles. The van der Waals surface area contributed by atoms with E-state index >= 15 is 0 Å². The Morgan fingerprint density at radius 2 is 2.54 bits per heavy atom. The summed E-state index contributed by atoms with van der Waals surface area (Å²) in [6.07, 6.45) is 0.415. The highest BCUT2D eigenvalue weighted by Crippen LogP contribution is 1.99. The Balaban J connectivity index is 2.64. The summed E-state index contributed by atoms with van der Waals surface area (Å²) in [5.41, 5.74) is 5.14. The zero-order valence-electron chi connectivity index (χ0n) is 6.70. The number of aliphatic hydroxyl groups excluding tert-OH is 1. The third kappa shape index (κ3) is 2.46. The molecule has 8 nitrogen and oxygen atoms in total. The molecule has 1 heterocycles. The van der Waals surface area contributed by atoms with E-state index in [9.17, 15) is 10.1 Å². The summed E-state index contributed by atoms with van der Waals surface area (Å²) < 4.78 is 1.18. The molecule has 1 rings (SSSR count). The van der Waals surface area contributed by atoms with Gasteiger partial charge in [-0.3, -0.25) is 0 Å². The van der Waals surface area contributed by atoms with Crippen molar-refractivity contribution in [1.82, 2.24) is 14.8 Å². The van der Waals surface area contributed by atoms with Gasteiger partial charge in [0.15, 0.2) is 0 Å². The van der Waals surface area contributed by atoms with Crippen LogP contribution < -0.4 is 5.73 Å². The molecule has 0 spiro atoms. The van der Waals surface area contributed by atoms with E-state index in [-0.39, 0.29) is 13.1 Å². The molecule has 0 aliphatic carbocycles. The molecule has 3 N–H and O–H groups in total. The molecule has 1 unspecified atom stereocenters. The standard InChI is InChI=1S/C5H9N5O3/c6-1-4(11)2-9-3-7-5(8-9)10(12)13/h3-4,11H,1-2,6H2. The lowest BCUT2D eigenvalue weighted by molar-refractivity contribution is -0.394. The van der Waals surface area contributed by atoms with E-state index in [0.717, 1.165) is 0 Å². The number of nitro groups is 1. The van der Waals surface area contributed by atoms with Gasteiger partial charge >= 0.3 is 5.95 Å². The second-order valence-electron chi connectivity index (χ2n) is 2.41. The molecule has 13 heavy (non-hydrogen) atoms. The summed E-state index contributed by atoms with van der Waals surface area (Å²) in [6, 6.07) is 0. The summed E-state index contributed by atoms with van der Waals surface area (Å²) in [5, 5.41) is 22.7. The van der Waals surface area contributed by atoms with E-state index in [1.807, 2.05) is 0 Å². The summed E-state index contributed by atoms with van der Waals surface area (Å²) in [5.74, 6) is -0.482. The molecule has 8 heteroatoms. The van der Waals surface area contributed by atoms with Gasteiger partial charge in [-0.1, -0.05) is 4.98 Å². The highest BCUT2D eigenvalue weighted by molar-refractivity contribution is 4.96.